The maximum absolute atomic E-state index is 6.59. The molecule has 4 nitrogen and oxygen atoms in total. The summed E-state index contributed by atoms with van der Waals surface area (Å²) in [5.74, 6) is 1.73. The van der Waals surface area contributed by atoms with Crippen molar-refractivity contribution in [2.24, 2.45) is 0 Å². The smallest absolute Gasteiger partial charge is 0.167 e. The van der Waals surface area contributed by atoms with Crippen molar-refractivity contribution in [1.82, 2.24) is 15.0 Å². The van der Waals surface area contributed by atoms with E-state index in [1.807, 2.05) is 18.2 Å². The Kier molecular flexibility index (Phi) is 8.09. The third-order valence-electron chi connectivity index (χ3n) is 13.2. The fraction of sp³-hybridized carbons (Fsp3) is 0.0167. The summed E-state index contributed by atoms with van der Waals surface area (Å²) < 4.78 is 6.59. The summed E-state index contributed by atoms with van der Waals surface area (Å²) in [6.45, 7) is 0. The van der Waals surface area contributed by atoms with Gasteiger partial charge >= 0.3 is 0 Å². The Hall–Kier alpha value is -8.47. The van der Waals surface area contributed by atoms with Gasteiger partial charge in [0.05, 0.1) is 11.0 Å². The molecule has 0 bridgehead atoms. The molecule has 0 spiro atoms. The van der Waals surface area contributed by atoms with Crippen LogP contribution in [0.15, 0.2) is 229 Å². The molecule has 0 radical (unpaired) electrons. The van der Waals surface area contributed by atoms with E-state index >= 15 is 0 Å². The van der Waals surface area contributed by atoms with Crippen molar-refractivity contribution in [3.05, 3.63) is 247 Å². The number of nitrogens with zero attached hydrogens (tertiary/aromatic N) is 3. The van der Waals surface area contributed by atoms with Gasteiger partial charge in [0.25, 0.3) is 0 Å². The van der Waals surface area contributed by atoms with E-state index in [-0.39, 0.29) is 0 Å². The van der Waals surface area contributed by atoms with Gasteiger partial charge in [0, 0.05) is 21.9 Å². The molecule has 2 aromatic heterocycles. The molecule has 1 aliphatic rings. The van der Waals surface area contributed by atoms with Crippen LogP contribution in [0.2, 0.25) is 0 Å². The van der Waals surface area contributed by atoms with Crippen LogP contribution >= 0.6 is 0 Å². The van der Waals surface area contributed by atoms with Gasteiger partial charge in [-0.25, -0.2) is 15.0 Å². The predicted molar refractivity (Wildman–Crippen MR) is 261 cm³/mol. The molecule has 12 aromatic rings. The summed E-state index contributed by atoms with van der Waals surface area (Å²) in [5, 5.41) is 6.95. The highest BCUT2D eigenvalue weighted by molar-refractivity contribution is 6.14. The van der Waals surface area contributed by atoms with Crippen LogP contribution in [-0.4, -0.2) is 15.0 Å². The minimum absolute atomic E-state index is 0.507. The molecule has 0 saturated heterocycles. The van der Waals surface area contributed by atoms with Gasteiger partial charge in [-0.05, 0) is 90.3 Å². The number of aromatic nitrogens is 3. The molecule has 1 aliphatic carbocycles. The SMILES string of the molecule is c1ccc(C2(c3ccccc3)c3ccccc3-c3cc(-c4nc(-c5cccc(-c6cccc7ccc8ccccc8c67)c5)nc(-c5cccc6c5oc5ccccc56)n4)ccc32)cc1. The molecule has 0 unspecified atom stereocenters. The minimum Gasteiger partial charge on any atom is -0.455 e. The number of para-hydroxylation sites is 2. The van der Waals surface area contributed by atoms with Gasteiger partial charge in [-0.3, -0.25) is 0 Å². The molecule has 298 valence electrons. The Morgan fingerprint density at radius 1 is 0.328 bits per heavy atom. The predicted octanol–water partition coefficient (Wildman–Crippen LogP) is 15.1. The number of hydrogen-bond acceptors (Lipinski definition) is 4. The quantitative estimate of drug-likeness (QED) is 0.157. The van der Waals surface area contributed by atoms with Gasteiger partial charge in [-0.1, -0.05) is 200 Å². The molecule has 0 atom stereocenters. The summed E-state index contributed by atoms with van der Waals surface area (Å²) in [4.78, 5) is 16.0. The molecule has 0 N–H and O–H groups in total. The lowest BCUT2D eigenvalue weighted by atomic mass is 9.67. The normalized spacial score (nSPS) is 12.8. The van der Waals surface area contributed by atoms with Gasteiger partial charge in [0.15, 0.2) is 17.5 Å². The molecule has 64 heavy (non-hydrogen) atoms. The van der Waals surface area contributed by atoms with Gasteiger partial charge in [-0.2, -0.15) is 0 Å². The van der Waals surface area contributed by atoms with Crippen LogP contribution in [0, 0.1) is 0 Å². The molecule has 0 saturated carbocycles. The highest BCUT2D eigenvalue weighted by Crippen LogP contribution is 2.56. The first-order valence-electron chi connectivity index (χ1n) is 21.8. The van der Waals surface area contributed by atoms with Crippen LogP contribution in [0.4, 0.5) is 0 Å². The van der Waals surface area contributed by atoms with Crippen molar-refractivity contribution >= 4 is 43.5 Å². The third kappa shape index (κ3) is 5.46. The highest BCUT2D eigenvalue weighted by Gasteiger charge is 2.46. The zero-order chi connectivity index (χ0) is 42.2. The fourth-order valence-corrected chi connectivity index (χ4v) is 10.4. The second-order valence-electron chi connectivity index (χ2n) is 16.6. The largest absolute Gasteiger partial charge is 0.455 e. The minimum atomic E-state index is -0.507. The average Bonchev–Trinajstić information content (AvgIpc) is 3.90. The van der Waals surface area contributed by atoms with Gasteiger partial charge in [-0.15, -0.1) is 0 Å². The average molecular weight is 816 g/mol. The van der Waals surface area contributed by atoms with Crippen molar-refractivity contribution in [3.63, 3.8) is 0 Å². The van der Waals surface area contributed by atoms with Crippen molar-refractivity contribution in [2.75, 3.05) is 0 Å². The molecule has 13 rings (SSSR count). The van der Waals surface area contributed by atoms with E-state index in [0.717, 1.165) is 55.3 Å². The number of rotatable bonds is 6. The lowest BCUT2D eigenvalue weighted by molar-refractivity contribution is 0.669. The van der Waals surface area contributed by atoms with Crippen LogP contribution < -0.4 is 0 Å². The second-order valence-corrected chi connectivity index (χ2v) is 16.6. The molecular weight excluding hydrogens is 779 g/mol. The van der Waals surface area contributed by atoms with Crippen LogP contribution in [-0.2, 0) is 5.41 Å². The maximum atomic E-state index is 6.59. The van der Waals surface area contributed by atoms with Crippen LogP contribution in [0.1, 0.15) is 22.3 Å². The van der Waals surface area contributed by atoms with E-state index in [4.69, 9.17) is 19.4 Å². The highest BCUT2D eigenvalue weighted by atomic mass is 16.3. The van der Waals surface area contributed by atoms with Gasteiger partial charge < -0.3 is 4.42 Å². The van der Waals surface area contributed by atoms with Crippen LogP contribution in [0.3, 0.4) is 0 Å². The summed E-state index contributed by atoms with van der Waals surface area (Å²) in [7, 11) is 0. The van der Waals surface area contributed by atoms with Crippen molar-refractivity contribution < 1.29 is 4.42 Å². The first-order chi connectivity index (χ1) is 31.7. The monoisotopic (exact) mass is 815 g/mol. The standard InChI is InChI=1S/C60H37N3O/c1-3-20-43(21-4-1)60(44-22-5-2-6-23-44)52-30-11-9-25-47(52)51-37-42(34-35-53(51)60)58-61-57(62-59(63-58)50-29-15-28-49-48-26-10-12-31-54(48)64-56(49)50)41-19-13-18-40(36-41)46-27-14-17-39-33-32-38-16-7-8-24-45(38)55(39)46/h1-37H. The molecule has 2 heterocycles. The zero-order valence-corrected chi connectivity index (χ0v) is 34.6. The third-order valence-corrected chi connectivity index (χ3v) is 13.2. The Labute approximate surface area is 369 Å². The van der Waals surface area contributed by atoms with Crippen molar-refractivity contribution in [1.29, 1.82) is 0 Å². The molecule has 10 aromatic carbocycles. The summed E-state index contributed by atoms with van der Waals surface area (Å²) >= 11 is 0. The lowest BCUT2D eigenvalue weighted by Gasteiger charge is -2.33. The number of furan rings is 1. The Morgan fingerprint density at radius 2 is 0.891 bits per heavy atom. The lowest BCUT2D eigenvalue weighted by Crippen LogP contribution is -2.28. The first kappa shape index (κ1) is 36.2. The second kappa shape index (κ2) is 14.3. The number of benzene rings is 10. The van der Waals surface area contributed by atoms with Gasteiger partial charge in [0.2, 0.25) is 0 Å². The van der Waals surface area contributed by atoms with Crippen LogP contribution in [0.5, 0.6) is 0 Å². The van der Waals surface area contributed by atoms with Crippen LogP contribution in [0.25, 0.3) is 99.9 Å². The van der Waals surface area contributed by atoms with Crippen molar-refractivity contribution in [2.45, 2.75) is 5.41 Å². The summed E-state index contributed by atoms with van der Waals surface area (Å²) in [6.07, 6.45) is 0. The first-order valence-corrected chi connectivity index (χ1v) is 21.8. The van der Waals surface area contributed by atoms with Crippen molar-refractivity contribution in [3.8, 4) is 56.4 Å². The fourth-order valence-electron chi connectivity index (χ4n) is 10.4. The van der Waals surface area contributed by atoms with E-state index in [1.54, 1.807) is 0 Å². The molecule has 4 heteroatoms. The molecule has 0 amide bonds. The number of hydrogen-bond donors (Lipinski definition) is 0. The number of fused-ring (bicyclic) bond motifs is 9. The Bertz CT molecular complexity index is 3760. The Balaban J connectivity index is 1.04. The van der Waals surface area contributed by atoms with E-state index in [9.17, 15) is 0 Å². The maximum Gasteiger partial charge on any atom is 0.167 e. The Morgan fingerprint density at radius 3 is 1.72 bits per heavy atom. The van der Waals surface area contributed by atoms with E-state index in [0.29, 0.717) is 17.5 Å². The van der Waals surface area contributed by atoms with E-state index in [1.165, 1.54) is 49.4 Å². The topological polar surface area (TPSA) is 51.8 Å². The molecule has 0 fully saturated rings. The van der Waals surface area contributed by atoms with Gasteiger partial charge in [0.1, 0.15) is 11.2 Å². The zero-order valence-electron chi connectivity index (χ0n) is 34.6. The molecular formula is C60H37N3O. The van der Waals surface area contributed by atoms with E-state index < -0.39 is 5.41 Å². The van der Waals surface area contributed by atoms with E-state index in [2.05, 4.69) is 206 Å². The summed E-state index contributed by atoms with van der Waals surface area (Å²) in [5.41, 5.74) is 13.2. The summed E-state index contributed by atoms with van der Waals surface area (Å²) in [6, 6.07) is 79.9. The molecule has 0 aliphatic heterocycles.